The lowest BCUT2D eigenvalue weighted by molar-refractivity contribution is -0.122. The number of nitrogens with one attached hydrogen (secondary N) is 1. The second-order valence-corrected chi connectivity index (χ2v) is 4.15. The topological polar surface area (TPSA) is 45.2 Å². The van der Waals surface area contributed by atoms with Crippen molar-refractivity contribution < 1.29 is 4.79 Å². The van der Waals surface area contributed by atoms with Gasteiger partial charge in [-0.15, -0.1) is 0 Å². The molecule has 0 radical (unpaired) electrons. The summed E-state index contributed by atoms with van der Waals surface area (Å²) in [5.74, 6) is 0.291. The van der Waals surface area contributed by atoms with Crippen molar-refractivity contribution >= 4 is 11.6 Å². The Hall–Kier alpha value is -1.42. The first kappa shape index (κ1) is 11.1. The zero-order valence-electron chi connectivity index (χ0n) is 9.52. The molecule has 1 atom stereocenters. The molecule has 2 heterocycles. The normalized spacial score (nSPS) is 20.4. The molecular formula is C12H17N3O. The van der Waals surface area contributed by atoms with E-state index in [0.29, 0.717) is 0 Å². The molecule has 1 unspecified atom stereocenters. The summed E-state index contributed by atoms with van der Waals surface area (Å²) >= 11 is 0. The van der Waals surface area contributed by atoms with Gasteiger partial charge >= 0.3 is 0 Å². The molecule has 1 aromatic heterocycles. The van der Waals surface area contributed by atoms with Crippen LogP contribution < -0.4 is 10.2 Å². The fraction of sp³-hybridized carbons (Fsp3) is 0.500. The number of anilines is 1. The fourth-order valence-corrected chi connectivity index (χ4v) is 2.02. The Kier molecular flexibility index (Phi) is 3.51. The van der Waals surface area contributed by atoms with Crippen LogP contribution in [0.1, 0.15) is 12.8 Å². The molecule has 0 bridgehead atoms. The molecule has 1 amide bonds. The van der Waals surface area contributed by atoms with E-state index < -0.39 is 0 Å². The van der Waals surface area contributed by atoms with Gasteiger partial charge in [-0.1, -0.05) is 0 Å². The average molecular weight is 219 g/mol. The average Bonchev–Trinajstić information content (AvgIpc) is 2.39. The molecule has 2 rings (SSSR count). The highest BCUT2D eigenvalue weighted by Crippen LogP contribution is 2.17. The maximum atomic E-state index is 12.2. The molecule has 1 N–H and O–H groups in total. The molecular weight excluding hydrogens is 202 g/mol. The first-order valence-electron chi connectivity index (χ1n) is 5.67. The lowest BCUT2D eigenvalue weighted by Crippen LogP contribution is -2.41. The number of carbonyl (C=O) groups excluding carboxylic acids is 1. The quantitative estimate of drug-likeness (QED) is 0.808. The van der Waals surface area contributed by atoms with E-state index in [4.69, 9.17) is 0 Å². The maximum Gasteiger partial charge on any atom is 0.231 e. The van der Waals surface area contributed by atoms with Crippen LogP contribution >= 0.6 is 0 Å². The van der Waals surface area contributed by atoms with E-state index in [1.807, 2.05) is 19.2 Å². The largest absolute Gasteiger partial charge is 0.316 e. The number of hydrogen-bond acceptors (Lipinski definition) is 3. The van der Waals surface area contributed by atoms with Crippen molar-refractivity contribution in [3.05, 3.63) is 24.5 Å². The van der Waals surface area contributed by atoms with Crippen LogP contribution in [-0.4, -0.2) is 31.0 Å². The highest BCUT2D eigenvalue weighted by molar-refractivity contribution is 5.94. The van der Waals surface area contributed by atoms with E-state index in [1.165, 1.54) is 0 Å². The Morgan fingerprint density at radius 3 is 3.12 bits per heavy atom. The number of nitrogens with zero attached hydrogens (tertiary/aromatic N) is 2. The Labute approximate surface area is 95.7 Å². The minimum Gasteiger partial charge on any atom is -0.316 e. The van der Waals surface area contributed by atoms with Crippen molar-refractivity contribution in [3.63, 3.8) is 0 Å². The molecule has 86 valence electrons. The summed E-state index contributed by atoms with van der Waals surface area (Å²) in [5.41, 5.74) is 0.859. The van der Waals surface area contributed by atoms with Crippen LogP contribution in [0.15, 0.2) is 24.5 Å². The van der Waals surface area contributed by atoms with Crippen LogP contribution in [0, 0.1) is 5.92 Å². The number of pyridine rings is 1. The zero-order chi connectivity index (χ0) is 11.4. The summed E-state index contributed by atoms with van der Waals surface area (Å²) in [6.45, 7) is 1.82. The van der Waals surface area contributed by atoms with Crippen molar-refractivity contribution in [1.82, 2.24) is 10.3 Å². The van der Waals surface area contributed by atoms with Crippen molar-refractivity contribution in [1.29, 1.82) is 0 Å². The zero-order valence-corrected chi connectivity index (χ0v) is 9.52. The minimum atomic E-state index is 0.110. The van der Waals surface area contributed by atoms with E-state index >= 15 is 0 Å². The molecule has 0 saturated carbocycles. The third-order valence-corrected chi connectivity index (χ3v) is 3.01. The van der Waals surface area contributed by atoms with Gasteiger partial charge in [-0.05, 0) is 31.5 Å². The van der Waals surface area contributed by atoms with E-state index in [2.05, 4.69) is 10.3 Å². The van der Waals surface area contributed by atoms with Crippen LogP contribution in [0.4, 0.5) is 5.69 Å². The summed E-state index contributed by atoms with van der Waals surface area (Å²) < 4.78 is 0. The van der Waals surface area contributed by atoms with E-state index in [9.17, 15) is 4.79 Å². The monoisotopic (exact) mass is 219 g/mol. The highest BCUT2D eigenvalue weighted by Gasteiger charge is 2.24. The maximum absolute atomic E-state index is 12.2. The first-order chi connectivity index (χ1) is 7.79. The molecule has 1 aromatic rings. The predicted octanol–water partition coefficient (Wildman–Crippen LogP) is 1.04. The van der Waals surface area contributed by atoms with Crippen LogP contribution in [0.5, 0.6) is 0 Å². The van der Waals surface area contributed by atoms with Crippen molar-refractivity contribution in [2.24, 2.45) is 5.92 Å². The van der Waals surface area contributed by atoms with Gasteiger partial charge in [-0.25, -0.2) is 0 Å². The van der Waals surface area contributed by atoms with E-state index in [0.717, 1.165) is 31.6 Å². The summed E-state index contributed by atoms with van der Waals surface area (Å²) in [7, 11) is 1.81. The lowest BCUT2D eigenvalue weighted by atomic mass is 9.98. The van der Waals surface area contributed by atoms with Gasteiger partial charge in [0.15, 0.2) is 0 Å². The number of amides is 1. The van der Waals surface area contributed by atoms with Crippen LogP contribution in [0.2, 0.25) is 0 Å². The number of aromatic nitrogens is 1. The smallest absolute Gasteiger partial charge is 0.231 e. The van der Waals surface area contributed by atoms with Crippen LogP contribution in [0.3, 0.4) is 0 Å². The van der Waals surface area contributed by atoms with E-state index in [1.54, 1.807) is 17.3 Å². The summed E-state index contributed by atoms with van der Waals surface area (Å²) in [6.07, 6.45) is 5.49. The fourth-order valence-electron chi connectivity index (χ4n) is 2.02. The van der Waals surface area contributed by atoms with Crippen molar-refractivity contribution in [3.8, 4) is 0 Å². The highest BCUT2D eigenvalue weighted by atomic mass is 16.2. The lowest BCUT2D eigenvalue weighted by Gasteiger charge is -2.26. The Bertz CT molecular complexity index is 347. The molecule has 4 nitrogen and oxygen atoms in total. The van der Waals surface area contributed by atoms with Gasteiger partial charge < -0.3 is 10.2 Å². The molecule has 0 aliphatic carbocycles. The molecule has 1 saturated heterocycles. The molecule has 1 aliphatic rings. The van der Waals surface area contributed by atoms with E-state index in [-0.39, 0.29) is 11.8 Å². The second kappa shape index (κ2) is 5.07. The van der Waals surface area contributed by atoms with Gasteiger partial charge in [0.05, 0.1) is 17.8 Å². The molecule has 4 heteroatoms. The SMILES string of the molecule is CN(C(=O)C1CCCNC1)c1cccnc1. The standard InChI is InChI=1S/C12H17N3O/c1-15(11-5-3-7-14-9-11)12(16)10-4-2-6-13-8-10/h3,5,7,9-10,13H,2,4,6,8H2,1H3. The summed E-state index contributed by atoms with van der Waals surface area (Å²) in [5, 5.41) is 3.26. The van der Waals surface area contributed by atoms with Gasteiger partial charge in [0, 0.05) is 19.8 Å². The van der Waals surface area contributed by atoms with Gasteiger partial charge in [0.1, 0.15) is 0 Å². The molecule has 0 spiro atoms. The van der Waals surface area contributed by atoms with Gasteiger partial charge in [0.2, 0.25) is 5.91 Å². The molecule has 1 fully saturated rings. The Morgan fingerprint density at radius 1 is 1.62 bits per heavy atom. The molecule has 1 aliphatic heterocycles. The number of rotatable bonds is 2. The molecule has 0 aromatic carbocycles. The Morgan fingerprint density at radius 2 is 2.50 bits per heavy atom. The number of carbonyl (C=O) groups is 1. The third-order valence-electron chi connectivity index (χ3n) is 3.01. The first-order valence-corrected chi connectivity index (χ1v) is 5.67. The van der Waals surface area contributed by atoms with Crippen molar-refractivity contribution in [2.45, 2.75) is 12.8 Å². The number of piperidine rings is 1. The minimum absolute atomic E-state index is 0.110. The third kappa shape index (κ3) is 2.39. The van der Waals surface area contributed by atoms with Crippen LogP contribution in [0.25, 0.3) is 0 Å². The van der Waals surface area contributed by atoms with Crippen LogP contribution in [-0.2, 0) is 4.79 Å². The summed E-state index contributed by atoms with van der Waals surface area (Å²) in [4.78, 5) is 17.9. The second-order valence-electron chi connectivity index (χ2n) is 4.15. The number of hydrogen-bond donors (Lipinski definition) is 1. The summed E-state index contributed by atoms with van der Waals surface area (Å²) in [6, 6.07) is 3.75. The molecule has 16 heavy (non-hydrogen) atoms. The Balaban J connectivity index is 2.04. The van der Waals surface area contributed by atoms with Gasteiger partial charge in [-0.2, -0.15) is 0 Å². The van der Waals surface area contributed by atoms with Gasteiger partial charge in [0.25, 0.3) is 0 Å². The van der Waals surface area contributed by atoms with Crippen molar-refractivity contribution in [2.75, 3.05) is 25.0 Å². The predicted molar refractivity (Wildman–Crippen MR) is 63.2 cm³/mol. The van der Waals surface area contributed by atoms with Gasteiger partial charge in [-0.3, -0.25) is 9.78 Å².